The first-order valence-corrected chi connectivity index (χ1v) is 9.48. The number of hydrogen-bond donors (Lipinski definition) is 1. The van der Waals surface area contributed by atoms with Gasteiger partial charge in [-0.3, -0.25) is 9.59 Å². The molecule has 1 aromatic heterocycles. The third kappa shape index (κ3) is 3.30. The van der Waals surface area contributed by atoms with Gasteiger partial charge in [-0.2, -0.15) is 0 Å². The number of sulfonamides is 1. The molecule has 10 heteroatoms. The van der Waals surface area contributed by atoms with Gasteiger partial charge in [-0.1, -0.05) is 22.9 Å². The van der Waals surface area contributed by atoms with Crippen LogP contribution in [0.2, 0.25) is 5.02 Å². The fourth-order valence-corrected chi connectivity index (χ4v) is 4.33. The Morgan fingerprint density at radius 3 is 2.64 bits per heavy atom. The number of thiazole rings is 1. The summed E-state index contributed by atoms with van der Waals surface area (Å²) in [5, 5.41) is -0.291. The summed E-state index contributed by atoms with van der Waals surface area (Å²) < 4.78 is 41.7. The van der Waals surface area contributed by atoms with Gasteiger partial charge in [-0.05, 0) is 36.4 Å². The van der Waals surface area contributed by atoms with Crippen LogP contribution in [0.1, 0.15) is 10.4 Å². The van der Waals surface area contributed by atoms with E-state index in [0.29, 0.717) is 10.2 Å². The van der Waals surface area contributed by atoms with E-state index < -0.39 is 21.7 Å². The number of hydrogen-bond acceptors (Lipinski definition) is 5. The molecule has 1 N–H and O–H groups in total. The number of nitrogens with one attached hydrogen (secondary N) is 1. The van der Waals surface area contributed by atoms with Gasteiger partial charge in [0.2, 0.25) is 0 Å². The number of amides is 1. The summed E-state index contributed by atoms with van der Waals surface area (Å²) in [6, 6.07) is 7.22. The van der Waals surface area contributed by atoms with Gasteiger partial charge in [0.1, 0.15) is 5.82 Å². The zero-order valence-corrected chi connectivity index (χ0v) is 15.0. The predicted octanol–water partition coefficient (Wildman–Crippen LogP) is 2.51. The molecule has 0 radical (unpaired) electrons. The van der Waals surface area contributed by atoms with Crippen molar-refractivity contribution in [2.45, 2.75) is 4.90 Å². The van der Waals surface area contributed by atoms with Crippen LogP contribution in [0, 0.1) is 5.82 Å². The maximum absolute atomic E-state index is 13.1. The average Bonchev–Trinajstić information content (AvgIpc) is 2.83. The van der Waals surface area contributed by atoms with Crippen LogP contribution < -0.4 is 9.60 Å². The fraction of sp³-hybridized carbons (Fsp3) is 0.0667. The molecule has 0 aliphatic heterocycles. The lowest BCUT2D eigenvalue weighted by Crippen LogP contribution is -2.30. The van der Waals surface area contributed by atoms with Crippen LogP contribution in [0.3, 0.4) is 0 Å². The van der Waals surface area contributed by atoms with Crippen molar-refractivity contribution in [2.75, 3.05) is 0 Å². The summed E-state index contributed by atoms with van der Waals surface area (Å²) in [5.74, 6) is -1.66. The largest absolute Gasteiger partial charge is 0.307 e. The summed E-state index contributed by atoms with van der Waals surface area (Å²) >= 11 is 6.49. The number of aromatic nitrogens is 1. The van der Waals surface area contributed by atoms with E-state index in [1.54, 1.807) is 7.05 Å². The average molecular weight is 401 g/mol. The van der Waals surface area contributed by atoms with Crippen molar-refractivity contribution in [1.82, 2.24) is 9.29 Å². The Kier molecular flexibility index (Phi) is 4.40. The van der Waals surface area contributed by atoms with Crippen LogP contribution in [-0.2, 0) is 17.1 Å². The highest BCUT2D eigenvalue weighted by Crippen LogP contribution is 2.21. The Morgan fingerprint density at radius 2 is 1.96 bits per heavy atom. The van der Waals surface area contributed by atoms with E-state index in [1.165, 1.54) is 22.8 Å². The molecule has 0 aliphatic carbocycles. The minimum atomic E-state index is -4.17. The zero-order valence-electron chi connectivity index (χ0n) is 12.6. The molecule has 0 saturated carbocycles. The second kappa shape index (κ2) is 6.25. The minimum Gasteiger partial charge on any atom is -0.302 e. The number of fused-ring (bicyclic) bond motifs is 1. The summed E-state index contributed by atoms with van der Waals surface area (Å²) in [6.07, 6.45) is 0. The number of aryl methyl sites for hydroxylation is 1. The number of benzene rings is 2. The van der Waals surface area contributed by atoms with E-state index in [1.807, 2.05) is 4.72 Å². The third-order valence-corrected chi connectivity index (χ3v) is 6.10. The smallest absolute Gasteiger partial charge is 0.302 e. The van der Waals surface area contributed by atoms with Crippen LogP contribution >= 0.6 is 22.9 Å². The number of nitrogens with zero attached hydrogens (tertiary/aromatic N) is 1. The molecule has 0 spiro atoms. The fourth-order valence-electron chi connectivity index (χ4n) is 2.16. The van der Waals surface area contributed by atoms with Crippen molar-refractivity contribution >= 4 is 49.1 Å². The summed E-state index contributed by atoms with van der Waals surface area (Å²) in [6.45, 7) is 0. The van der Waals surface area contributed by atoms with Crippen LogP contribution in [0.4, 0.5) is 4.39 Å². The van der Waals surface area contributed by atoms with Gasteiger partial charge >= 0.3 is 4.87 Å². The minimum absolute atomic E-state index is 0.0968. The van der Waals surface area contributed by atoms with Gasteiger partial charge in [-0.15, -0.1) is 0 Å². The van der Waals surface area contributed by atoms with Gasteiger partial charge in [0.05, 0.1) is 20.1 Å². The van der Waals surface area contributed by atoms with E-state index in [0.717, 1.165) is 29.5 Å². The molecule has 6 nitrogen and oxygen atoms in total. The van der Waals surface area contributed by atoms with Gasteiger partial charge in [0.25, 0.3) is 15.9 Å². The zero-order chi connectivity index (χ0) is 18.4. The number of rotatable bonds is 3. The van der Waals surface area contributed by atoms with E-state index >= 15 is 0 Å². The molecule has 3 rings (SSSR count). The highest BCUT2D eigenvalue weighted by molar-refractivity contribution is 7.90. The maximum atomic E-state index is 13.1. The van der Waals surface area contributed by atoms with E-state index in [9.17, 15) is 22.4 Å². The molecule has 1 heterocycles. The predicted molar refractivity (Wildman–Crippen MR) is 93.1 cm³/mol. The highest BCUT2D eigenvalue weighted by atomic mass is 35.5. The molecular weight excluding hydrogens is 391 g/mol. The summed E-state index contributed by atoms with van der Waals surface area (Å²) in [4.78, 5) is 23.3. The van der Waals surface area contributed by atoms with Crippen LogP contribution in [-0.4, -0.2) is 18.9 Å². The molecule has 0 fully saturated rings. The first-order chi connectivity index (χ1) is 11.7. The summed E-state index contributed by atoms with van der Waals surface area (Å²) in [7, 11) is -2.59. The third-order valence-electron chi connectivity index (χ3n) is 3.48. The van der Waals surface area contributed by atoms with Crippen LogP contribution in [0.5, 0.6) is 0 Å². The Bertz CT molecular complexity index is 1170. The van der Waals surface area contributed by atoms with Gasteiger partial charge in [-0.25, -0.2) is 17.5 Å². The van der Waals surface area contributed by atoms with E-state index in [-0.39, 0.29) is 20.4 Å². The molecular formula is C15H10ClFN2O4S2. The van der Waals surface area contributed by atoms with Crippen LogP contribution in [0.15, 0.2) is 46.1 Å². The number of carbonyl (C=O) groups excluding carboxylic acids is 1. The normalized spacial score (nSPS) is 11.6. The van der Waals surface area contributed by atoms with Gasteiger partial charge in [0.15, 0.2) is 0 Å². The van der Waals surface area contributed by atoms with Gasteiger partial charge in [0, 0.05) is 12.6 Å². The van der Waals surface area contributed by atoms with Gasteiger partial charge < -0.3 is 4.57 Å². The molecule has 25 heavy (non-hydrogen) atoms. The Morgan fingerprint density at radius 1 is 1.24 bits per heavy atom. The topological polar surface area (TPSA) is 85.2 Å². The maximum Gasteiger partial charge on any atom is 0.307 e. The van der Waals surface area contributed by atoms with Crippen LogP contribution in [0.25, 0.3) is 10.2 Å². The molecule has 2 aromatic carbocycles. The van der Waals surface area contributed by atoms with Crippen molar-refractivity contribution in [2.24, 2.45) is 7.05 Å². The number of carbonyl (C=O) groups is 1. The van der Waals surface area contributed by atoms with Crippen molar-refractivity contribution in [3.8, 4) is 0 Å². The van der Waals surface area contributed by atoms with E-state index in [2.05, 4.69) is 0 Å². The van der Waals surface area contributed by atoms with Crippen molar-refractivity contribution in [3.63, 3.8) is 0 Å². The summed E-state index contributed by atoms with van der Waals surface area (Å²) in [5.41, 5.74) is 0.492. The Balaban J connectivity index is 1.94. The number of halogens is 2. The Labute approximate surface area is 150 Å². The molecule has 0 bridgehead atoms. The molecule has 0 unspecified atom stereocenters. The molecule has 130 valence electrons. The van der Waals surface area contributed by atoms with Crippen molar-refractivity contribution in [3.05, 3.63) is 62.5 Å². The van der Waals surface area contributed by atoms with Crippen molar-refractivity contribution < 1.29 is 17.6 Å². The lowest BCUT2D eigenvalue weighted by Gasteiger charge is -2.08. The standard InChI is InChI=1S/C15H10ClFN2O4S2/c1-19-12-5-3-9(7-13(12)24-15(19)21)25(22,23)18-14(20)8-2-4-11(17)10(16)6-8/h2-7H,1H3,(H,18,20). The first kappa shape index (κ1) is 17.6. The van der Waals surface area contributed by atoms with Crippen molar-refractivity contribution in [1.29, 1.82) is 0 Å². The second-order valence-electron chi connectivity index (χ2n) is 5.12. The lowest BCUT2D eigenvalue weighted by atomic mass is 10.2. The molecule has 0 saturated heterocycles. The SMILES string of the molecule is Cn1c(=O)sc2cc(S(=O)(=O)NC(=O)c3ccc(F)c(Cl)c3)ccc21. The second-order valence-corrected chi connectivity index (χ2v) is 8.20. The quantitative estimate of drug-likeness (QED) is 0.732. The molecule has 0 atom stereocenters. The van der Waals surface area contributed by atoms with E-state index in [4.69, 9.17) is 11.6 Å². The molecule has 1 amide bonds. The monoisotopic (exact) mass is 400 g/mol. The molecule has 0 aliphatic rings. The highest BCUT2D eigenvalue weighted by Gasteiger charge is 2.20. The Hall–Kier alpha value is -2.23. The lowest BCUT2D eigenvalue weighted by molar-refractivity contribution is 0.0981. The first-order valence-electron chi connectivity index (χ1n) is 6.81. The molecule has 3 aromatic rings.